The molecule has 2 saturated heterocycles. The Morgan fingerprint density at radius 1 is 1.00 bits per heavy atom. The highest BCUT2D eigenvalue weighted by Crippen LogP contribution is 2.33. The molecule has 158 valence electrons. The molecule has 0 aliphatic carbocycles. The SMILES string of the molecule is Cc1nc(Nc2nc3ccccc3nc2N2CCCC2)sc1CN1CCC(C)CC1. The molecule has 0 radical (unpaired) electrons. The van der Waals surface area contributed by atoms with E-state index in [9.17, 15) is 0 Å². The van der Waals surface area contributed by atoms with Crippen LogP contribution in [0.2, 0.25) is 0 Å². The van der Waals surface area contributed by atoms with Crippen molar-refractivity contribution < 1.29 is 0 Å². The standard InChI is InChI=1S/C23H30N6S/c1-16-9-13-28(14-10-16)15-20-17(2)24-23(30-20)27-21-22(29-11-5-6-12-29)26-19-8-4-3-7-18(19)25-21/h3-4,7-8,16H,5-6,9-15H2,1-2H3,(H,24,25,27). The predicted molar refractivity (Wildman–Crippen MR) is 125 cm³/mol. The highest BCUT2D eigenvalue weighted by atomic mass is 32.1. The van der Waals surface area contributed by atoms with E-state index in [4.69, 9.17) is 15.0 Å². The molecule has 6 nitrogen and oxygen atoms in total. The summed E-state index contributed by atoms with van der Waals surface area (Å²) >= 11 is 1.76. The number of hydrogen-bond donors (Lipinski definition) is 1. The number of para-hydroxylation sites is 2. The van der Waals surface area contributed by atoms with Crippen molar-refractivity contribution in [1.82, 2.24) is 19.9 Å². The van der Waals surface area contributed by atoms with Gasteiger partial charge in [0.1, 0.15) is 0 Å². The van der Waals surface area contributed by atoms with Crippen LogP contribution in [0.15, 0.2) is 24.3 Å². The van der Waals surface area contributed by atoms with E-state index in [1.165, 1.54) is 43.6 Å². The summed E-state index contributed by atoms with van der Waals surface area (Å²) in [7, 11) is 0. The van der Waals surface area contributed by atoms with Gasteiger partial charge >= 0.3 is 0 Å². The van der Waals surface area contributed by atoms with Crippen molar-refractivity contribution in [1.29, 1.82) is 0 Å². The molecule has 0 spiro atoms. The molecule has 2 aromatic heterocycles. The summed E-state index contributed by atoms with van der Waals surface area (Å²) in [5.74, 6) is 2.63. The number of anilines is 3. The topological polar surface area (TPSA) is 57.2 Å². The number of nitrogens with zero attached hydrogens (tertiary/aromatic N) is 5. The molecule has 1 aromatic carbocycles. The molecule has 4 heterocycles. The first kappa shape index (κ1) is 19.7. The summed E-state index contributed by atoms with van der Waals surface area (Å²) in [5, 5.41) is 4.44. The highest BCUT2D eigenvalue weighted by Gasteiger charge is 2.22. The van der Waals surface area contributed by atoms with Gasteiger partial charge in [0.2, 0.25) is 0 Å². The van der Waals surface area contributed by atoms with Gasteiger partial charge in [-0.15, -0.1) is 11.3 Å². The van der Waals surface area contributed by atoms with Crippen molar-refractivity contribution in [2.45, 2.75) is 46.1 Å². The Kier molecular flexibility index (Phi) is 5.56. The molecule has 2 aliphatic heterocycles. The van der Waals surface area contributed by atoms with E-state index in [0.717, 1.165) is 59.0 Å². The monoisotopic (exact) mass is 422 g/mol. The zero-order valence-corrected chi connectivity index (χ0v) is 18.7. The smallest absolute Gasteiger partial charge is 0.188 e. The minimum absolute atomic E-state index is 0.822. The third-order valence-corrected chi connectivity index (χ3v) is 7.38. The summed E-state index contributed by atoms with van der Waals surface area (Å²) in [6, 6.07) is 8.10. The van der Waals surface area contributed by atoms with E-state index in [2.05, 4.69) is 29.0 Å². The summed E-state index contributed by atoms with van der Waals surface area (Å²) in [6.07, 6.45) is 5.02. The fraction of sp³-hybridized carbons (Fsp3) is 0.522. The first-order chi connectivity index (χ1) is 14.7. The molecule has 30 heavy (non-hydrogen) atoms. The van der Waals surface area contributed by atoms with Crippen LogP contribution in [0.25, 0.3) is 11.0 Å². The predicted octanol–water partition coefficient (Wildman–Crippen LogP) is 4.97. The Bertz CT molecular complexity index is 1020. The number of hydrogen-bond acceptors (Lipinski definition) is 7. The van der Waals surface area contributed by atoms with E-state index >= 15 is 0 Å². The molecule has 0 saturated carbocycles. The molecule has 2 aliphatic rings. The average molecular weight is 423 g/mol. The Morgan fingerprint density at radius 3 is 2.43 bits per heavy atom. The Balaban J connectivity index is 1.40. The number of thiazole rings is 1. The Morgan fingerprint density at radius 2 is 1.70 bits per heavy atom. The van der Waals surface area contributed by atoms with Gasteiger partial charge in [0.05, 0.1) is 16.7 Å². The lowest BCUT2D eigenvalue weighted by molar-refractivity contribution is 0.186. The Labute approximate surface area is 182 Å². The van der Waals surface area contributed by atoms with Crippen LogP contribution in [0.5, 0.6) is 0 Å². The molecular formula is C23H30N6S. The van der Waals surface area contributed by atoms with Gasteiger partial charge in [0.25, 0.3) is 0 Å². The number of likely N-dealkylation sites (tertiary alicyclic amines) is 1. The summed E-state index contributed by atoms with van der Waals surface area (Å²) in [5.41, 5.74) is 2.98. The molecule has 1 N–H and O–H groups in total. The molecule has 7 heteroatoms. The van der Waals surface area contributed by atoms with Crippen LogP contribution in [0.1, 0.15) is 43.2 Å². The fourth-order valence-corrected chi connectivity index (χ4v) is 5.38. The van der Waals surface area contributed by atoms with Crippen molar-refractivity contribution >= 4 is 39.1 Å². The van der Waals surface area contributed by atoms with Crippen LogP contribution in [0.4, 0.5) is 16.8 Å². The third-order valence-electron chi connectivity index (χ3n) is 6.32. The number of rotatable bonds is 5. The molecule has 3 aromatic rings. The van der Waals surface area contributed by atoms with E-state index < -0.39 is 0 Å². The van der Waals surface area contributed by atoms with E-state index in [1.54, 1.807) is 11.3 Å². The van der Waals surface area contributed by atoms with Gasteiger partial charge in [-0.1, -0.05) is 19.1 Å². The second kappa shape index (κ2) is 8.47. The van der Waals surface area contributed by atoms with Gasteiger partial charge < -0.3 is 10.2 Å². The van der Waals surface area contributed by atoms with Gasteiger partial charge in [-0.05, 0) is 63.7 Å². The average Bonchev–Trinajstić information content (AvgIpc) is 3.39. The number of aryl methyl sites for hydroxylation is 1. The fourth-order valence-electron chi connectivity index (χ4n) is 4.38. The van der Waals surface area contributed by atoms with Crippen molar-refractivity contribution in [3.8, 4) is 0 Å². The number of benzene rings is 1. The first-order valence-corrected chi connectivity index (χ1v) is 11.9. The second-order valence-electron chi connectivity index (χ2n) is 8.69. The van der Waals surface area contributed by atoms with Crippen LogP contribution < -0.4 is 10.2 Å². The minimum atomic E-state index is 0.822. The minimum Gasteiger partial charge on any atom is -0.354 e. The number of fused-ring (bicyclic) bond motifs is 1. The van der Waals surface area contributed by atoms with Gasteiger partial charge in [-0.2, -0.15) is 0 Å². The third kappa shape index (κ3) is 4.14. The molecule has 2 fully saturated rings. The van der Waals surface area contributed by atoms with E-state index in [1.807, 2.05) is 24.3 Å². The van der Waals surface area contributed by atoms with Crippen LogP contribution in [-0.2, 0) is 6.54 Å². The summed E-state index contributed by atoms with van der Waals surface area (Å²) in [6.45, 7) is 9.94. The molecule has 0 amide bonds. The maximum atomic E-state index is 4.95. The second-order valence-corrected chi connectivity index (χ2v) is 9.77. The van der Waals surface area contributed by atoms with Crippen molar-refractivity contribution in [2.75, 3.05) is 36.4 Å². The zero-order valence-electron chi connectivity index (χ0n) is 17.9. The van der Waals surface area contributed by atoms with Crippen LogP contribution in [-0.4, -0.2) is 46.0 Å². The zero-order chi connectivity index (χ0) is 20.5. The molecule has 5 rings (SSSR count). The molecule has 0 unspecified atom stereocenters. The van der Waals surface area contributed by atoms with Gasteiger partial charge in [-0.25, -0.2) is 15.0 Å². The summed E-state index contributed by atoms with van der Waals surface area (Å²) < 4.78 is 0. The lowest BCUT2D eigenvalue weighted by Gasteiger charge is -2.29. The number of piperidine rings is 1. The van der Waals surface area contributed by atoms with Gasteiger partial charge in [0.15, 0.2) is 16.8 Å². The summed E-state index contributed by atoms with van der Waals surface area (Å²) in [4.78, 5) is 21.0. The van der Waals surface area contributed by atoms with Crippen LogP contribution >= 0.6 is 11.3 Å². The van der Waals surface area contributed by atoms with Crippen molar-refractivity contribution in [3.05, 3.63) is 34.8 Å². The molecule has 0 bridgehead atoms. The maximum Gasteiger partial charge on any atom is 0.188 e. The van der Waals surface area contributed by atoms with Crippen molar-refractivity contribution in [2.24, 2.45) is 5.92 Å². The van der Waals surface area contributed by atoms with E-state index in [0.29, 0.717) is 0 Å². The normalized spacial score (nSPS) is 18.4. The lowest BCUT2D eigenvalue weighted by Crippen LogP contribution is -2.32. The van der Waals surface area contributed by atoms with Crippen LogP contribution in [0, 0.1) is 12.8 Å². The van der Waals surface area contributed by atoms with E-state index in [-0.39, 0.29) is 0 Å². The molecule has 0 atom stereocenters. The van der Waals surface area contributed by atoms with Gasteiger partial charge in [-0.3, -0.25) is 4.90 Å². The Hall–Kier alpha value is -2.25. The first-order valence-electron chi connectivity index (χ1n) is 11.1. The largest absolute Gasteiger partial charge is 0.354 e. The number of nitrogens with one attached hydrogen (secondary N) is 1. The quantitative estimate of drug-likeness (QED) is 0.626. The lowest BCUT2D eigenvalue weighted by atomic mass is 9.99. The highest BCUT2D eigenvalue weighted by molar-refractivity contribution is 7.15. The number of aromatic nitrogens is 3. The molecular weight excluding hydrogens is 392 g/mol. The maximum absolute atomic E-state index is 4.95. The van der Waals surface area contributed by atoms with Gasteiger partial charge in [0, 0.05) is 24.5 Å². The van der Waals surface area contributed by atoms with Crippen LogP contribution in [0.3, 0.4) is 0 Å². The van der Waals surface area contributed by atoms with Crippen molar-refractivity contribution in [3.63, 3.8) is 0 Å².